The molecule has 1 amide bonds. The van der Waals surface area contributed by atoms with E-state index in [1.165, 1.54) is 24.3 Å². The van der Waals surface area contributed by atoms with Gasteiger partial charge in [0.1, 0.15) is 13.2 Å². The van der Waals surface area contributed by atoms with E-state index in [9.17, 15) is 18.0 Å². The van der Waals surface area contributed by atoms with E-state index in [4.69, 9.17) is 9.47 Å². The molecule has 2 aromatic rings. The number of anilines is 1. The van der Waals surface area contributed by atoms with Gasteiger partial charge >= 0.3 is 5.51 Å². The molecule has 3 rings (SSSR count). The van der Waals surface area contributed by atoms with Gasteiger partial charge in [-0.2, -0.15) is 13.2 Å². The van der Waals surface area contributed by atoms with Crippen LogP contribution in [0.2, 0.25) is 0 Å². The molecule has 0 atom stereocenters. The third-order valence-electron chi connectivity index (χ3n) is 3.15. The molecule has 1 aliphatic rings. The summed E-state index contributed by atoms with van der Waals surface area (Å²) in [6, 6.07) is 10.2. The lowest BCUT2D eigenvalue weighted by Crippen LogP contribution is -2.16. The molecule has 0 bridgehead atoms. The fourth-order valence-corrected chi connectivity index (χ4v) is 2.67. The molecule has 126 valence electrons. The zero-order chi connectivity index (χ0) is 17.2. The first kappa shape index (κ1) is 16.5. The zero-order valence-corrected chi connectivity index (χ0v) is 13.0. The van der Waals surface area contributed by atoms with Crippen LogP contribution in [0.4, 0.5) is 18.9 Å². The molecule has 1 heterocycles. The van der Waals surface area contributed by atoms with E-state index in [0.717, 1.165) is 0 Å². The zero-order valence-electron chi connectivity index (χ0n) is 12.2. The number of fused-ring (bicyclic) bond motifs is 1. The maximum absolute atomic E-state index is 12.3. The van der Waals surface area contributed by atoms with Crippen molar-refractivity contribution >= 4 is 23.4 Å². The topological polar surface area (TPSA) is 47.6 Å². The predicted octanol–water partition coefficient (Wildman–Crippen LogP) is 4.32. The normalized spacial score (nSPS) is 13.5. The molecule has 0 unspecified atom stereocenters. The van der Waals surface area contributed by atoms with E-state index in [1.807, 2.05) is 0 Å². The van der Waals surface area contributed by atoms with Crippen molar-refractivity contribution in [3.8, 4) is 11.5 Å². The molecule has 1 N–H and O–H groups in total. The Kier molecular flexibility index (Phi) is 4.57. The Bertz CT molecular complexity index is 747. The van der Waals surface area contributed by atoms with Crippen LogP contribution >= 0.6 is 11.8 Å². The van der Waals surface area contributed by atoms with Crippen molar-refractivity contribution in [3.63, 3.8) is 0 Å². The van der Waals surface area contributed by atoms with Gasteiger partial charge in [0.2, 0.25) is 0 Å². The van der Waals surface area contributed by atoms with Gasteiger partial charge in [-0.05, 0) is 48.2 Å². The van der Waals surface area contributed by atoms with Crippen LogP contribution in [0.15, 0.2) is 47.4 Å². The lowest BCUT2D eigenvalue weighted by Gasteiger charge is -2.19. The number of rotatable bonds is 3. The quantitative estimate of drug-likeness (QED) is 0.833. The van der Waals surface area contributed by atoms with Crippen molar-refractivity contribution in [2.75, 3.05) is 18.5 Å². The highest BCUT2D eigenvalue weighted by atomic mass is 32.2. The minimum Gasteiger partial charge on any atom is -0.486 e. The largest absolute Gasteiger partial charge is 0.486 e. The van der Waals surface area contributed by atoms with Crippen molar-refractivity contribution in [1.29, 1.82) is 0 Å². The number of amides is 1. The van der Waals surface area contributed by atoms with Crippen LogP contribution in [0.5, 0.6) is 11.5 Å². The molecule has 0 aromatic heterocycles. The number of nitrogens with one attached hydrogen (secondary N) is 1. The molecule has 0 aliphatic carbocycles. The first-order chi connectivity index (χ1) is 11.4. The van der Waals surface area contributed by atoms with Gasteiger partial charge in [-0.3, -0.25) is 4.79 Å². The maximum Gasteiger partial charge on any atom is 0.446 e. The van der Waals surface area contributed by atoms with Gasteiger partial charge in [-0.1, -0.05) is 0 Å². The van der Waals surface area contributed by atoms with Crippen molar-refractivity contribution in [2.24, 2.45) is 0 Å². The standard InChI is InChI=1S/C16H12F3NO3S/c17-16(18,19)24-12-4-1-10(2-5-12)15(21)20-11-3-6-13-14(9-11)23-8-7-22-13/h1-6,9H,7-8H2,(H,20,21). The summed E-state index contributed by atoms with van der Waals surface area (Å²) in [7, 11) is 0. The molecule has 0 saturated carbocycles. The fourth-order valence-electron chi connectivity index (χ4n) is 2.13. The summed E-state index contributed by atoms with van der Waals surface area (Å²) in [6.45, 7) is 0.906. The molecular formula is C16H12F3NO3S. The first-order valence-corrected chi connectivity index (χ1v) is 7.79. The average Bonchev–Trinajstić information content (AvgIpc) is 2.54. The van der Waals surface area contributed by atoms with Gasteiger partial charge in [0, 0.05) is 22.2 Å². The Morgan fingerprint density at radius 2 is 1.67 bits per heavy atom. The summed E-state index contributed by atoms with van der Waals surface area (Å²) in [5.41, 5.74) is -3.58. The molecule has 0 spiro atoms. The monoisotopic (exact) mass is 355 g/mol. The number of benzene rings is 2. The van der Waals surface area contributed by atoms with Crippen molar-refractivity contribution < 1.29 is 27.4 Å². The molecule has 4 nitrogen and oxygen atoms in total. The number of carbonyl (C=O) groups excluding carboxylic acids is 1. The molecule has 1 aliphatic heterocycles. The second kappa shape index (κ2) is 6.64. The Morgan fingerprint density at radius 3 is 2.33 bits per heavy atom. The Hall–Kier alpha value is -2.35. The van der Waals surface area contributed by atoms with Gasteiger partial charge < -0.3 is 14.8 Å². The van der Waals surface area contributed by atoms with E-state index in [2.05, 4.69) is 5.32 Å². The van der Waals surface area contributed by atoms with Crippen LogP contribution in [-0.2, 0) is 0 Å². The first-order valence-electron chi connectivity index (χ1n) is 6.97. The minimum atomic E-state index is -4.35. The Balaban J connectivity index is 1.68. The van der Waals surface area contributed by atoms with Crippen LogP contribution in [0.1, 0.15) is 10.4 Å². The molecule has 0 fully saturated rings. The van der Waals surface area contributed by atoms with E-state index in [1.54, 1.807) is 18.2 Å². The van der Waals surface area contributed by atoms with Crippen LogP contribution in [0.25, 0.3) is 0 Å². The number of hydrogen-bond donors (Lipinski definition) is 1. The average molecular weight is 355 g/mol. The fraction of sp³-hybridized carbons (Fsp3) is 0.188. The van der Waals surface area contributed by atoms with Crippen LogP contribution in [0.3, 0.4) is 0 Å². The van der Waals surface area contributed by atoms with Crippen LogP contribution < -0.4 is 14.8 Å². The SMILES string of the molecule is O=C(Nc1ccc2c(c1)OCCO2)c1ccc(SC(F)(F)F)cc1. The maximum atomic E-state index is 12.3. The number of hydrogen-bond acceptors (Lipinski definition) is 4. The molecule has 2 aromatic carbocycles. The Labute approximate surface area is 140 Å². The smallest absolute Gasteiger partial charge is 0.446 e. The van der Waals surface area contributed by atoms with Gasteiger partial charge in [0.25, 0.3) is 5.91 Å². The highest BCUT2D eigenvalue weighted by Gasteiger charge is 2.29. The molecule has 8 heteroatoms. The molecule has 0 radical (unpaired) electrons. The predicted molar refractivity (Wildman–Crippen MR) is 83.7 cm³/mol. The van der Waals surface area contributed by atoms with E-state index in [0.29, 0.717) is 30.4 Å². The second-order valence-corrected chi connectivity index (χ2v) is 6.02. The van der Waals surface area contributed by atoms with Gasteiger partial charge in [-0.25, -0.2) is 0 Å². The lowest BCUT2D eigenvalue weighted by atomic mass is 10.2. The minimum absolute atomic E-state index is 0.0263. The number of thioether (sulfide) groups is 1. The lowest BCUT2D eigenvalue weighted by molar-refractivity contribution is -0.0328. The molecular weight excluding hydrogens is 343 g/mol. The highest BCUT2D eigenvalue weighted by molar-refractivity contribution is 8.00. The van der Waals surface area contributed by atoms with Crippen molar-refractivity contribution in [3.05, 3.63) is 48.0 Å². The second-order valence-electron chi connectivity index (χ2n) is 4.88. The summed E-state index contributed by atoms with van der Waals surface area (Å²) >= 11 is -0.222. The highest BCUT2D eigenvalue weighted by Crippen LogP contribution is 2.37. The summed E-state index contributed by atoms with van der Waals surface area (Å²) in [5.74, 6) is 0.721. The van der Waals surface area contributed by atoms with E-state index < -0.39 is 11.4 Å². The summed E-state index contributed by atoms with van der Waals surface area (Å²) in [4.78, 5) is 12.2. The number of halogens is 3. The van der Waals surface area contributed by atoms with E-state index in [-0.39, 0.29) is 22.2 Å². The van der Waals surface area contributed by atoms with Crippen LogP contribution in [0, 0.1) is 0 Å². The number of ether oxygens (including phenoxy) is 2. The number of alkyl halides is 3. The molecule has 24 heavy (non-hydrogen) atoms. The van der Waals surface area contributed by atoms with Crippen molar-refractivity contribution in [2.45, 2.75) is 10.4 Å². The van der Waals surface area contributed by atoms with Gasteiger partial charge in [0.05, 0.1) is 0 Å². The van der Waals surface area contributed by atoms with Gasteiger partial charge in [0.15, 0.2) is 11.5 Å². The summed E-state index contributed by atoms with van der Waals surface area (Å²) < 4.78 is 47.7. The summed E-state index contributed by atoms with van der Waals surface area (Å²) in [6.07, 6.45) is 0. The third kappa shape index (κ3) is 4.14. The van der Waals surface area contributed by atoms with E-state index >= 15 is 0 Å². The number of carbonyl (C=O) groups is 1. The third-order valence-corrected chi connectivity index (χ3v) is 3.89. The summed E-state index contributed by atoms with van der Waals surface area (Å²) in [5, 5.41) is 2.67. The van der Waals surface area contributed by atoms with Crippen molar-refractivity contribution in [1.82, 2.24) is 0 Å². The molecule has 0 saturated heterocycles. The Morgan fingerprint density at radius 1 is 1.00 bits per heavy atom. The van der Waals surface area contributed by atoms with Gasteiger partial charge in [-0.15, -0.1) is 0 Å². The van der Waals surface area contributed by atoms with Crippen LogP contribution in [-0.4, -0.2) is 24.6 Å².